The van der Waals surface area contributed by atoms with Crippen LogP contribution in [0.2, 0.25) is 0 Å². The number of nitrogens with zero attached hydrogens (tertiary/aromatic N) is 1. The molecule has 1 aromatic heterocycles. The molecule has 0 fully saturated rings. The van der Waals surface area contributed by atoms with Gasteiger partial charge in [0.2, 0.25) is 0 Å². The highest BCUT2D eigenvalue weighted by Gasteiger charge is 2.04. The van der Waals surface area contributed by atoms with E-state index in [1.165, 1.54) is 0 Å². The molecule has 4 heteroatoms. The zero-order chi connectivity index (χ0) is 12.3. The van der Waals surface area contributed by atoms with Crippen LogP contribution in [-0.4, -0.2) is 11.5 Å². The fourth-order valence-corrected chi connectivity index (χ4v) is 2.22. The first-order chi connectivity index (χ1) is 8.18. The molecule has 2 aromatic rings. The standard InChI is InChI=1S/C13H12BrClN2/c1-9(15)7-16-8-10-4-5-12(14)11-3-2-6-17-13(10)11/h2-6,16H,1,7-8H2. The maximum atomic E-state index is 5.71. The lowest BCUT2D eigenvalue weighted by atomic mass is 10.1. The van der Waals surface area contributed by atoms with E-state index in [1.807, 2.05) is 12.1 Å². The van der Waals surface area contributed by atoms with Gasteiger partial charge in [-0.3, -0.25) is 4.98 Å². The molecule has 0 unspecified atom stereocenters. The predicted molar refractivity (Wildman–Crippen MR) is 76.1 cm³/mol. The summed E-state index contributed by atoms with van der Waals surface area (Å²) in [6, 6.07) is 8.08. The van der Waals surface area contributed by atoms with Crippen LogP contribution in [0.1, 0.15) is 5.56 Å². The molecule has 0 saturated heterocycles. The van der Waals surface area contributed by atoms with Crippen molar-refractivity contribution >= 4 is 38.4 Å². The van der Waals surface area contributed by atoms with Crippen LogP contribution in [0.15, 0.2) is 46.5 Å². The number of aromatic nitrogens is 1. The van der Waals surface area contributed by atoms with Gasteiger partial charge in [-0.1, -0.05) is 46.2 Å². The van der Waals surface area contributed by atoms with Gasteiger partial charge in [0.15, 0.2) is 0 Å². The lowest BCUT2D eigenvalue weighted by molar-refractivity contribution is 0.758. The SMILES string of the molecule is C=C(Cl)CNCc1ccc(Br)c2cccnc12. The van der Waals surface area contributed by atoms with Crippen LogP contribution in [-0.2, 0) is 6.54 Å². The van der Waals surface area contributed by atoms with Crippen molar-refractivity contribution in [3.05, 3.63) is 52.1 Å². The Morgan fingerprint density at radius 3 is 3.00 bits per heavy atom. The molecule has 2 rings (SSSR count). The summed E-state index contributed by atoms with van der Waals surface area (Å²) in [5, 5.41) is 4.96. The number of halogens is 2. The van der Waals surface area contributed by atoms with Gasteiger partial charge in [0, 0.05) is 34.2 Å². The average Bonchev–Trinajstić information content (AvgIpc) is 2.32. The number of pyridine rings is 1. The van der Waals surface area contributed by atoms with Crippen molar-refractivity contribution in [2.75, 3.05) is 6.54 Å². The molecule has 1 aromatic carbocycles. The van der Waals surface area contributed by atoms with Crippen LogP contribution in [0.3, 0.4) is 0 Å². The summed E-state index contributed by atoms with van der Waals surface area (Å²) in [5.74, 6) is 0. The monoisotopic (exact) mass is 310 g/mol. The van der Waals surface area contributed by atoms with Gasteiger partial charge in [-0.05, 0) is 17.7 Å². The molecule has 0 amide bonds. The summed E-state index contributed by atoms with van der Waals surface area (Å²) >= 11 is 9.23. The van der Waals surface area contributed by atoms with E-state index in [4.69, 9.17) is 11.6 Å². The van der Waals surface area contributed by atoms with Gasteiger partial charge in [0.05, 0.1) is 5.52 Å². The molecule has 0 aliphatic carbocycles. The van der Waals surface area contributed by atoms with Crippen molar-refractivity contribution in [3.63, 3.8) is 0 Å². The smallest absolute Gasteiger partial charge is 0.0758 e. The molecule has 0 saturated carbocycles. The van der Waals surface area contributed by atoms with Gasteiger partial charge in [-0.15, -0.1) is 0 Å². The normalized spacial score (nSPS) is 10.7. The quantitative estimate of drug-likeness (QED) is 0.928. The number of fused-ring (bicyclic) bond motifs is 1. The van der Waals surface area contributed by atoms with E-state index < -0.39 is 0 Å². The molecular formula is C13H12BrClN2. The molecule has 17 heavy (non-hydrogen) atoms. The van der Waals surface area contributed by atoms with Crippen LogP contribution in [0, 0.1) is 0 Å². The second-order valence-electron chi connectivity index (χ2n) is 3.73. The zero-order valence-corrected chi connectivity index (χ0v) is 11.6. The van der Waals surface area contributed by atoms with Crippen LogP contribution in [0.4, 0.5) is 0 Å². The van der Waals surface area contributed by atoms with Crippen molar-refractivity contribution in [1.82, 2.24) is 10.3 Å². The molecule has 88 valence electrons. The Morgan fingerprint density at radius 2 is 2.24 bits per heavy atom. The first-order valence-corrected chi connectivity index (χ1v) is 6.41. The third-order valence-corrected chi connectivity index (χ3v) is 3.26. The Hall–Kier alpha value is -0.900. The lowest BCUT2D eigenvalue weighted by Gasteiger charge is -2.08. The first-order valence-electron chi connectivity index (χ1n) is 5.24. The van der Waals surface area contributed by atoms with Gasteiger partial charge in [0.1, 0.15) is 0 Å². The third kappa shape index (κ3) is 3.06. The summed E-state index contributed by atoms with van der Waals surface area (Å²) in [5.41, 5.74) is 2.16. The Labute approximate surface area is 114 Å². The van der Waals surface area contributed by atoms with Crippen molar-refractivity contribution in [2.24, 2.45) is 0 Å². The number of nitrogens with one attached hydrogen (secondary N) is 1. The van der Waals surface area contributed by atoms with Crippen molar-refractivity contribution < 1.29 is 0 Å². The maximum Gasteiger partial charge on any atom is 0.0758 e. The maximum absolute atomic E-state index is 5.71. The van der Waals surface area contributed by atoms with E-state index in [1.54, 1.807) is 6.20 Å². The molecule has 1 N–H and O–H groups in total. The highest BCUT2D eigenvalue weighted by Crippen LogP contribution is 2.25. The van der Waals surface area contributed by atoms with Gasteiger partial charge in [0.25, 0.3) is 0 Å². The topological polar surface area (TPSA) is 24.9 Å². The van der Waals surface area contributed by atoms with Crippen LogP contribution in [0.5, 0.6) is 0 Å². The summed E-state index contributed by atoms with van der Waals surface area (Å²) in [4.78, 5) is 4.41. The van der Waals surface area contributed by atoms with Crippen molar-refractivity contribution in [2.45, 2.75) is 6.54 Å². The van der Waals surface area contributed by atoms with Gasteiger partial charge >= 0.3 is 0 Å². The van der Waals surface area contributed by atoms with Gasteiger partial charge in [-0.25, -0.2) is 0 Å². The van der Waals surface area contributed by atoms with Crippen LogP contribution < -0.4 is 5.32 Å². The van der Waals surface area contributed by atoms with E-state index >= 15 is 0 Å². The highest BCUT2D eigenvalue weighted by molar-refractivity contribution is 9.10. The summed E-state index contributed by atoms with van der Waals surface area (Å²) < 4.78 is 1.06. The first kappa shape index (κ1) is 12.6. The molecule has 0 radical (unpaired) electrons. The molecule has 0 bridgehead atoms. The Kier molecular flexibility index (Phi) is 4.15. The number of benzene rings is 1. The highest BCUT2D eigenvalue weighted by atomic mass is 79.9. The second-order valence-corrected chi connectivity index (χ2v) is 5.12. The molecule has 1 heterocycles. The number of rotatable bonds is 4. The van der Waals surface area contributed by atoms with Crippen LogP contribution >= 0.6 is 27.5 Å². The zero-order valence-electron chi connectivity index (χ0n) is 9.21. The van der Waals surface area contributed by atoms with Gasteiger partial charge < -0.3 is 5.32 Å². The Morgan fingerprint density at radius 1 is 1.41 bits per heavy atom. The Bertz CT molecular complexity index is 554. The van der Waals surface area contributed by atoms with E-state index in [2.05, 4.69) is 44.9 Å². The fraction of sp³-hybridized carbons (Fsp3) is 0.154. The molecule has 0 aliphatic heterocycles. The van der Waals surface area contributed by atoms with Crippen LogP contribution in [0.25, 0.3) is 10.9 Å². The van der Waals surface area contributed by atoms with E-state index in [9.17, 15) is 0 Å². The van der Waals surface area contributed by atoms with E-state index in [-0.39, 0.29) is 0 Å². The van der Waals surface area contributed by atoms with Crippen molar-refractivity contribution in [3.8, 4) is 0 Å². The molecule has 0 spiro atoms. The number of hydrogen-bond donors (Lipinski definition) is 1. The van der Waals surface area contributed by atoms with E-state index in [0.29, 0.717) is 11.6 Å². The molecule has 0 aliphatic rings. The fourth-order valence-electron chi connectivity index (χ4n) is 1.67. The van der Waals surface area contributed by atoms with Crippen molar-refractivity contribution in [1.29, 1.82) is 0 Å². The van der Waals surface area contributed by atoms with Gasteiger partial charge in [-0.2, -0.15) is 0 Å². The minimum atomic E-state index is 0.603. The average molecular weight is 312 g/mol. The Balaban J connectivity index is 2.28. The summed E-state index contributed by atoms with van der Waals surface area (Å²) in [6.45, 7) is 4.97. The lowest BCUT2D eigenvalue weighted by Crippen LogP contribution is -2.14. The summed E-state index contributed by atoms with van der Waals surface area (Å²) in [6.07, 6.45) is 1.80. The number of hydrogen-bond acceptors (Lipinski definition) is 2. The molecule has 0 atom stereocenters. The molecule has 2 nitrogen and oxygen atoms in total. The summed E-state index contributed by atoms with van der Waals surface area (Å²) in [7, 11) is 0. The van der Waals surface area contributed by atoms with E-state index in [0.717, 1.165) is 27.5 Å². The minimum Gasteiger partial charge on any atom is -0.308 e. The second kappa shape index (κ2) is 5.63. The minimum absolute atomic E-state index is 0.603. The molecular weight excluding hydrogens is 300 g/mol. The predicted octanol–water partition coefficient (Wildman–Crippen LogP) is 3.84. The largest absolute Gasteiger partial charge is 0.308 e. The third-order valence-electron chi connectivity index (χ3n) is 2.43.